The standard InChI is InChI=1S/C12H12BrNO2S2/c1-18(15,16)9-4-2-8(3-5-9)12(14)10-6-7-11(13)17-10/h2-7,12H,14H2,1H3. The fourth-order valence-electron chi connectivity index (χ4n) is 1.58. The van der Waals surface area contributed by atoms with Crippen LogP contribution in [-0.4, -0.2) is 14.7 Å². The molecule has 0 aliphatic heterocycles. The van der Waals surface area contributed by atoms with Gasteiger partial charge >= 0.3 is 0 Å². The van der Waals surface area contributed by atoms with E-state index < -0.39 is 9.84 Å². The quantitative estimate of drug-likeness (QED) is 0.930. The maximum atomic E-state index is 11.4. The van der Waals surface area contributed by atoms with E-state index in [4.69, 9.17) is 5.73 Å². The van der Waals surface area contributed by atoms with E-state index in [2.05, 4.69) is 15.9 Å². The Hall–Kier alpha value is -0.690. The molecule has 1 aromatic carbocycles. The van der Waals surface area contributed by atoms with Crippen molar-refractivity contribution in [2.24, 2.45) is 5.73 Å². The largest absolute Gasteiger partial charge is 0.320 e. The van der Waals surface area contributed by atoms with Crippen LogP contribution in [0.15, 0.2) is 45.1 Å². The highest BCUT2D eigenvalue weighted by Gasteiger charge is 2.13. The zero-order valence-corrected chi connectivity index (χ0v) is 12.8. The van der Waals surface area contributed by atoms with Gasteiger partial charge in [-0.1, -0.05) is 12.1 Å². The van der Waals surface area contributed by atoms with Gasteiger partial charge in [0.25, 0.3) is 0 Å². The Bertz CT molecular complexity index is 647. The van der Waals surface area contributed by atoms with Crippen LogP contribution >= 0.6 is 27.3 Å². The Morgan fingerprint density at radius 3 is 2.22 bits per heavy atom. The highest BCUT2D eigenvalue weighted by molar-refractivity contribution is 9.11. The summed E-state index contributed by atoms with van der Waals surface area (Å²) in [7, 11) is -3.15. The molecule has 3 nitrogen and oxygen atoms in total. The van der Waals surface area contributed by atoms with Crippen LogP contribution in [-0.2, 0) is 9.84 Å². The van der Waals surface area contributed by atoms with Crippen LogP contribution in [0.1, 0.15) is 16.5 Å². The molecule has 2 N–H and O–H groups in total. The number of hydrogen-bond acceptors (Lipinski definition) is 4. The van der Waals surface area contributed by atoms with E-state index in [1.807, 2.05) is 12.1 Å². The molecular formula is C12H12BrNO2S2. The minimum Gasteiger partial charge on any atom is -0.320 e. The molecule has 0 fully saturated rings. The lowest BCUT2D eigenvalue weighted by Gasteiger charge is -2.10. The molecule has 1 aromatic heterocycles. The van der Waals surface area contributed by atoms with E-state index in [9.17, 15) is 8.42 Å². The Labute approximate surface area is 119 Å². The molecule has 96 valence electrons. The zero-order valence-electron chi connectivity index (χ0n) is 9.63. The van der Waals surface area contributed by atoms with Gasteiger partial charge in [0.15, 0.2) is 9.84 Å². The predicted octanol–water partition coefficient (Wildman–Crippen LogP) is 2.96. The van der Waals surface area contributed by atoms with Gasteiger partial charge in [0.1, 0.15) is 0 Å². The predicted molar refractivity (Wildman–Crippen MR) is 77.6 cm³/mol. The number of thiophene rings is 1. The molecular weight excluding hydrogens is 334 g/mol. The Morgan fingerprint density at radius 1 is 1.17 bits per heavy atom. The second-order valence-electron chi connectivity index (χ2n) is 3.96. The van der Waals surface area contributed by atoms with Crippen molar-refractivity contribution < 1.29 is 8.42 Å². The number of hydrogen-bond donors (Lipinski definition) is 1. The molecule has 0 spiro atoms. The van der Waals surface area contributed by atoms with Crippen LogP contribution < -0.4 is 5.73 Å². The van der Waals surface area contributed by atoms with Crippen molar-refractivity contribution in [3.8, 4) is 0 Å². The van der Waals surface area contributed by atoms with Gasteiger partial charge in [-0.2, -0.15) is 0 Å². The summed E-state index contributed by atoms with van der Waals surface area (Å²) >= 11 is 4.97. The van der Waals surface area contributed by atoms with Gasteiger partial charge in [-0.3, -0.25) is 0 Å². The van der Waals surface area contributed by atoms with Crippen molar-refractivity contribution in [3.63, 3.8) is 0 Å². The smallest absolute Gasteiger partial charge is 0.175 e. The molecule has 0 radical (unpaired) electrons. The molecule has 0 saturated heterocycles. The van der Waals surface area contributed by atoms with Crippen LogP contribution in [0.2, 0.25) is 0 Å². The van der Waals surface area contributed by atoms with Crippen molar-refractivity contribution >= 4 is 37.1 Å². The van der Waals surface area contributed by atoms with Gasteiger partial charge < -0.3 is 5.73 Å². The highest BCUT2D eigenvalue weighted by Crippen LogP contribution is 2.30. The number of nitrogens with two attached hydrogens (primary N) is 1. The van der Waals surface area contributed by atoms with Crippen LogP contribution in [0.25, 0.3) is 0 Å². The summed E-state index contributed by atoms with van der Waals surface area (Å²) in [6.45, 7) is 0. The number of benzene rings is 1. The first kappa shape index (κ1) is 13.7. The fraction of sp³-hybridized carbons (Fsp3) is 0.167. The minimum atomic E-state index is -3.15. The third kappa shape index (κ3) is 3.00. The Morgan fingerprint density at radius 2 is 1.78 bits per heavy atom. The Kier molecular flexibility index (Phi) is 3.91. The van der Waals surface area contributed by atoms with E-state index in [0.29, 0.717) is 4.90 Å². The maximum Gasteiger partial charge on any atom is 0.175 e. The lowest BCUT2D eigenvalue weighted by atomic mass is 10.1. The van der Waals surface area contributed by atoms with E-state index in [0.717, 1.165) is 14.2 Å². The van der Waals surface area contributed by atoms with Crippen molar-refractivity contribution in [1.82, 2.24) is 0 Å². The third-order valence-electron chi connectivity index (χ3n) is 2.57. The van der Waals surface area contributed by atoms with Gasteiger partial charge in [0.2, 0.25) is 0 Å². The summed E-state index contributed by atoms with van der Waals surface area (Å²) in [6, 6.07) is 10.4. The van der Waals surface area contributed by atoms with E-state index >= 15 is 0 Å². The third-order valence-corrected chi connectivity index (χ3v) is 5.40. The molecule has 0 amide bonds. The normalized spacial score (nSPS) is 13.5. The second-order valence-corrected chi connectivity index (χ2v) is 8.47. The summed E-state index contributed by atoms with van der Waals surface area (Å²) in [5, 5.41) is 0. The summed E-state index contributed by atoms with van der Waals surface area (Å²) < 4.78 is 23.7. The van der Waals surface area contributed by atoms with E-state index in [1.165, 1.54) is 6.26 Å². The average molecular weight is 346 g/mol. The number of halogens is 1. The molecule has 6 heteroatoms. The summed E-state index contributed by atoms with van der Waals surface area (Å²) in [4.78, 5) is 1.35. The Balaban J connectivity index is 2.30. The highest BCUT2D eigenvalue weighted by atomic mass is 79.9. The molecule has 18 heavy (non-hydrogen) atoms. The molecule has 1 atom stereocenters. The maximum absolute atomic E-state index is 11.4. The molecule has 0 bridgehead atoms. The summed E-state index contributed by atoms with van der Waals surface area (Å²) in [5.41, 5.74) is 7.03. The van der Waals surface area contributed by atoms with Crippen LogP contribution in [0.5, 0.6) is 0 Å². The van der Waals surface area contributed by atoms with Crippen molar-refractivity contribution in [1.29, 1.82) is 0 Å². The summed E-state index contributed by atoms with van der Waals surface area (Å²) in [5.74, 6) is 0. The lowest BCUT2D eigenvalue weighted by Crippen LogP contribution is -2.10. The molecule has 2 rings (SSSR count). The molecule has 0 aliphatic rings. The SMILES string of the molecule is CS(=O)(=O)c1ccc(C(N)c2ccc(Br)s2)cc1. The molecule has 0 saturated carbocycles. The summed E-state index contributed by atoms with van der Waals surface area (Å²) in [6.07, 6.45) is 1.19. The van der Waals surface area contributed by atoms with E-state index in [1.54, 1.807) is 35.6 Å². The first-order valence-electron chi connectivity index (χ1n) is 5.19. The van der Waals surface area contributed by atoms with Gasteiger partial charge in [-0.05, 0) is 45.8 Å². The molecule has 1 unspecified atom stereocenters. The van der Waals surface area contributed by atoms with Crippen LogP contribution in [0.3, 0.4) is 0 Å². The second kappa shape index (κ2) is 5.13. The fourth-order valence-corrected chi connectivity index (χ4v) is 3.67. The van der Waals surface area contributed by atoms with Crippen molar-refractivity contribution in [3.05, 3.63) is 50.6 Å². The first-order chi connectivity index (χ1) is 8.38. The topological polar surface area (TPSA) is 60.2 Å². The van der Waals surface area contributed by atoms with Gasteiger partial charge in [0.05, 0.1) is 14.7 Å². The van der Waals surface area contributed by atoms with Crippen molar-refractivity contribution in [2.75, 3.05) is 6.26 Å². The minimum absolute atomic E-state index is 0.227. The van der Waals surface area contributed by atoms with Gasteiger partial charge in [-0.15, -0.1) is 11.3 Å². The van der Waals surface area contributed by atoms with Crippen LogP contribution in [0.4, 0.5) is 0 Å². The van der Waals surface area contributed by atoms with Gasteiger partial charge in [0, 0.05) is 11.1 Å². The monoisotopic (exact) mass is 345 g/mol. The van der Waals surface area contributed by atoms with Crippen LogP contribution in [0, 0.1) is 0 Å². The van der Waals surface area contributed by atoms with E-state index in [-0.39, 0.29) is 6.04 Å². The molecule has 0 aliphatic carbocycles. The average Bonchev–Trinajstić information content (AvgIpc) is 2.74. The molecule has 2 aromatic rings. The van der Waals surface area contributed by atoms with Crippen molar-refractivity contribution in [2.45, 2.75) is 10.9 Å². The first-order valence-corrected chi connectivity index (χ1v) is 8.69. The number of sulfone groups is 1. The lowest BCUT2D eigenvalue weighted by molar-refractivity contribution is 0.602. The zero-order chi connectivity index (χ0) is 13.3. The number of rotatable bonds is 3. The van der Waals surface area contributed by atoms with Gasteiger partial charge in [-0.25, -0.2) is 8.42 Å². The molecule has 1 heterocycles.